The molecule has 0 bridgehead atoms. The average Bonchev–Trinajstić information content (AvgIpc) is 2.74. The highest BCUT2D eigenvalue weighted by atomic mass is 79.9. The zero-order valence-corrected chi connectivity index (χ0v) is 10.1. The Bertz CT molecular complexity index is 458. The van der Waals surface area contributed by atoms with Crippen LogP contribution in [0, 0.1) is 5.82 Å². The lowest BCUT2D eigenvalue weighted by molar-refractivity contribution is 0.623. The smallest absolute Gasteiger partial charge is 0.123 e. The zero-order chi connectivity index (χ0) is 10.8. The number of rotatable bonds is 2. The van der Waals surface area contributed by atoms with Gasteiger partial charge in [0.25, 0.3) is 0 Å². The second-order valence-electron chi connectivity index (χ2n) is 3.01. The lowest BCUT2D eigenvalue weighted by atomic mass is 10.1. The Morgan fingerprint density at radius 2 is 2.27 bits per heavy atom. The van der Waals surface area contributed by atoms with Gasteiger partial charge in [0.1, 0.15) is 10.8 Å². The van der Waals surface area contributed by atoms with Gasteiger partial charge in [0.15, 0.2) is 0 Å². The third-order valence-electron chi connectivity index (χ3n) is 2.01. The maximum absolute atomic E-state index is 13.1. The van der Waals surface area contributed by atoms with Crippen molar-refractivity contribution in [1.82, 2.24) is 4.98 Å². The Balaban J connectivity index is 2.41. The third kappa shape index (κ3) is 2.25. The predicted octanol–water partition coefficient (Wildman–Crippen LogP) is 3.09. The third-order valence-corrected chi connectivity index (χ3v) is 3.59. The molecule has 2 aromatic rings. The van der Waals surface area contributed by atoms with Crippen molar-refractivity contribution < 1.29 is 4.39 Å². The van der Waals surface area contributed by atoms with Gasteiger partial charge in [-0.25, -0.2) is 9.37 Å². The van der Waals surface area contributed by atoms with Gasteiger partial charge in [-0.2, -0.15) is 0 Å². The maximum Gasteiger partial charge on any atom is 0.123 e. The average molecular weight is 287 g/mol. The fraction of sp³-hybridized carbons (Fsp3) is 0.100. The summed E-state index contributed by atoms with van der Waals surface area (Å²) in [6.45, 7) is 0. The fourth-order valence-electron chi connectivity index (χ4n) is 1.27. The highest BCUT2D eigenvalue weighted by molar-refractivity contribution is 9.10. The van der Waals surface area contributed by atoms with E-state index in [-0.39, 0.29) is 11.9 Å². The molecule has 2 rings (SSSR count). The number of thiazole rings is 1. The lowest BCUT2D eigenvalue weighted by Gasteiger charge is -2.10. The van der Waals surface area contributed by atoms with Gasteiger partial charge in [-0.15, -0.1) is 11.3 Å². The molecule has 1 aromatic heterocycles. The molecule has 1 aromatic carbocycles. The van der Waals surface area contributed by atoms with Crippen molar-refractivity contribution in [3.63, 3.8) is 0 Å². The highest BCUT2D eigenvalue weighted by Crippen LogP contribution is 2.28. The number of nitrogens with zero attached hydrogens (tertiary/aromatic N) is 1. The lowest BCUT2D eigenvalue weighted by Crippen LogP contribution is -2.12. The minimum Gasteiger partial charge on any atom is -0.318 e. The fourth-order valence-corrected chi connectivity index (χ4v) is 2.42. The first-order chi connectivity index (χ1) is 7.18. The van der Waals surface area contributed by atoms with Crippen LogP contribution in [0.3, 0.4) is 0 Å². The standard InChI is InChI=1S/C10H8BrFN2S/c11-8-2-1-6(12)5-7(8)9(13)10-14-3-4-15-10/h1-5,9H,13H2. The highest BCUT2D eigenvalue weighted by Gasteiger charge is 2.15. The molecule has 1 atom stereocenters. The van der Waals surface area contributed by atoms with Gasteiger partial charge < -0.3 is 5.73 Å². The summed E-state index contributed by atoms with van der Waals surface area (Å²) in [5.41, 5.74) is 6.69. The van der Waals surface area contributed by atoms with Crippen LogP contribution < -0.4 is 5.73 Å². The van der Waals surface area contributed by atoms with Gasteiger partial charge in [-0.05, 0) is 23.8 Å². The van der Waals surface area contributed by atoms with Crippen molar-refractivity contribution in [2.45, 2.75) is 6.04 Å². The largest absolute Gasteiger partial charge is 0.318 e. The van der Waals surface area contributed by atoms with Crippen molar-refractivity contribution in [3.05, 3.63) is 50.6 Å². The molecule has 0 amide bonds. The summed E-state index contributed by atoms with van der Waals surface area (Å²) in [5.74, 6) is -0.291. The van der Waals surface area contributed by atoms with Crippen molar-refractivity contribution >= 4 is 27.3 Å². The van der Waals surface area contributed by atoms with Gasteiger partial charge >= 0.3 is 0 Å². The maximum atomic E-state index is 13.1. The first-order valence-corrected chi connectivity index (χ1v) is 5.95. The van der Waals surface area contributed by atoms with E-state index in [1.165, 1.54) is 23.5 Å². The van der Waals surface area contributed by atoms with Crippen molar-refractivity contribution in [2.75, 3.05) is 0 Å². The van der Waals surface area contributed by atoms with E-state index >= 15 is 0 Å². The first-order valence-electron chi connectivity index (χ1n) is 4.28. The molecule has 2 nitrogen and oxygen atoms in total. The van der Waals surface area contributed by atoms with Crippen LogP contribution in [-0.4, -0.2) is 4.98 Å². The topological polar surface area (TPSA) is 38.9 Å². The number of hydrogen-bond donors (Lipinski definition) is 1. The Hall–Kier alpha value is -0.780. The van der Waals surface area contributed by atoms with Crippen LogP contribution in [0.5, 0.6) is 0 Å². The van der Waals surface area contributed by atoms with Crippen molar-refractivity contribution in [2.24, 2.45) is 5.73 Å². The molecule has 0 spiro atoms. The first kappa shape index (κ1) is 10.7. The number of benzene rings is 1. The van der Waals surface area contributed by atoms with Crippen LogP contribution >= 0.6 is 27.3 Å². The van der Waals surface area contributed by atoms with Gasteiger partial charge in [0.05, 0.1) is 6.04 Å². The molecule has 0 aliphatic heterocycles. The number of nitrogens with two attached hydrogens (primary N) is 1. The second-order valence-corrected chi connectivity index (χ2v) is 4.79. The Morgan fingerprint density at radius 3 is 2.93 bits per heavy atom. The molecule has 78 valence electrons. The monoisotopic (exact) mass is 286 g/mol. The molecule has 2 N–H and O–H groups in total. The summed E-state index contributed by atoms with van der Waals surface area (Å²) in [6.07, 6.45) is 1.69. The van der Waals surface area contributed by atoms with Gasteiger partial charge in [-0.1, -0.05) is 15.9 Å². The quantitative estimate of drug-likeness (QED) is 0.921. The van der Waals surface area contributed by atoms with E-state index in [4.69, 9.17) is 5.73 Å². The van der Waals surface area contributed by atoms with E-state index < -0.39 is 0 Å². The normalized spacial score (nSPS) is 12.7. The number of hydrogen-bond acceptors (Lipinski definition) is 3. The van der Waals surface area contributed by atoms with E-state index in [1.54, 1.807) is 12.3 Å². The predicted molar refractivity (Wildman–Crippen MR) is 62.2 cm³/mol. The molecule has 1 unspecified atom stereocenters. The Labute approximate surface area is 99.1 Å². The summed E-state index contributed by atoms with van der Waals surface area (Å²) >= 11 is 4.81. The van der Waals surface area contributed by atoms with E-state index in [9.17, 15) is 4.39 Å². The van der Waals surface area contributed by atoms with Crippen LogP contribution in [0.1, 0.15) is 16.6 Å². The van der Waals surface area contributed by atoms with Crippen LogP contribution in [-0.2, 0) is 0 Å². The second kappa shape index (κ2) is 4.38. The number of aromatic nitrogens is 1. The molecule has 0 radical (unpaired) electrons. The summed E-state index contributed by atoms with van der Waals surface area (Å²) in [6, 6.07) is 4.09. The van der Waals surface area contributed by atoms with Crippen LogP contribution in [0.2, 0.25) is 0 Å². The summed E-state index contributed by atoms with van der Waals surface area (Å²) < 4.78 is 13.9. The van der Waals surface area contributed by atoms with E-state index in [2.05, 4.69) is 20.9 Å². The molecule has 0 saturated heterocycles. The van der Waals surface area contributed by atoms with Gasteiger partial charge in [0.2, 0.25) is 0 Å². The van der Waals surface area contributed by atoms with Gasteiger partial charge in [-0.3, -0.25) is 0 Å². The summed E-state index contributed by atoms with van der Waals surface area (Å²) in [5, 5.41) is 2.63. The molecule has 15 heavy (non-hydrogen) atoms. The van der Waals surface area contributed by atoms with Crippen molar-refractivity contribution in [1.29, 1.82) is 0 Å². The number of halogens is 2. The zero-order valence-electron chi connectivity index (χ0n) is 7.65. The van der Waals surface area contributed by atoms with Crippen LogP contribution in [0.4, 0.5) is 4.39 Å². The minimum atomic E-state index is -0.380. The molecule has 0 aliphatic carbocycles. The summed E-state index contributed by atoms with van der Waals surface area (Å²) in [7, 11) is 0. The summed E-state index contributed by atoms with van der Waals surface area (Å²) in [4.78, 5) is 4.11. The molecule has 0 aliphatic rings. The molecule has 5 heteroatoms. The van der Waals surface area contributed by atoms with Crippen LogP contribution in [0.15, 0.2) is 34.2 Å². The van der Waals surface area contributed by atoms with Gasteiger partial charge in [0, 0.05) is 16.0 Å². The Morgan fingerprint density at radius 1 is 1.47 bits per heavy atom. The Kier molecular flexibility index (Phi) is 3.14. The molecular weight excluding hydrogens is 279 g/mol. The molecule has 1 heterocycles. The minimum absolute atomic E-state index is 0.291. The van der Waals surface area contributed by atoms with E-state index in [0.717, 1.165) is 9.48 Å². The van der Waals surface area contributed by atoms with Crippen molar-refractivity contribution in [3.8, 4) is 0 Å². The van der Waals surface area contributed by atoms with E-state index in [0.29, 0.717) is 5.56 Å². The molecule has 0 saturated carbocycles. The van der Waals surface area contributed by atoms with Crippen LogP contribution in [0.25, 0.3) is 0 Å². The molecular formula is C10H8BrFN2S. The van der Waals surface area contributed by atoms with E-state index in [1.807, 2.05) is 5.38 Å². The molecule has 0 fully saturated rings. The SMILES string of the molecule is NC(c1nccs1)c1cc(F)ccc1Br.